The smallest absolute Gasteiger partial charge is 0.302 e. The molecule has 6 heteroatoms. The van der Waals surface area contributed by atoms with Crippen molar-refractivity contribution in [3.8, 4) is 0 Å². The van der Waals surface area contributed by atoms with Crippen LogP contribution in [0.4, 0.5) is 4.79 Å². The van der Waals surface area contributed by atoms with Gasteiger partial charge >= 0.3 is 6.03 Å². The summed E-state index contributed by atoms with van der Waals surface area (Å²) in [5.74, 6) is -0.687. The zero-order valence-electron chi connectivity index (χ0n) is 13.0. The largest absolute Gasteiger partial charge is 0.330 e. The lowest BCUT2D eigenvalue weighted by Gasteiger charge is -2.37. The molecule has 1 spiro atoms. The molecule has 0 aromatic rings. The number of nitrogens with one attached hydrogen (secondary N) is 1. The summed E-state index contributed by atoms with van der Waals surface area (Å²) in [6.45, 7) is 7.02. The number of barbiturate groups is 1. The number of hydrogen-bond donors (Lipinski definition) is 1. The summed E-state index contributed by atoms with van der Waals surface area (Å²) in [5.41, 5.74) is -0.976. The zero-order valence-corrected chi connectivity index (χ0v) is 13.0. The van der Waals surface area contributed by atoms with Crippen LogP contribution in [0.2, 0.25) is 0 Å². The number of likely N-dealkylation sites (N-methyl/N-ethyl adjacent to an activating group) is 1. The van der Waals surface area contributed by atoms with Crippen molar-refractivity contribution in [2.45, 2.75) is 46.0 Å². The Morgan fingerprint density at radius 1 is 1.14 bits per heavy atom. The molecule has 1 saturated heterocycles. The topological polar surface area (TPSA) is 69.7 Å². The number of hydrogen-bond acceptors (Lipinski definition) is 4. The molecule has 1 aliphatic carbocycles. The van der Waals surface area contributed by atoms with Gasteiger partial charge in [-0.05, 0) is 32.4 Å². The summed E-state index contributed by atoms with van der Waals surface area (Å²) in [6.07, 6.45) is 3.91. The molecule has 2 aliphatic rings. The number of amides is 4. The lowest BCUT2D eigenvalue weighted by Crippen LogP contribution is -2.63. The summed E-state index contributed by atoms with van der Waals surface area (Å²) in [6, 6.07) is -0.560. The molecule has 21 heavy (non-hydrogen) atoms. The lowest BCUT2D eigenvalue weighted by atomic mass is 9.82. The highest BCUT2D eigenvalue weighted by Gasteiger charge is 2.54. The molecule has 0 radical (unpaired) electrons. The summed E-state index contributed by atoms with van der Waals surface area (Å²) < 4.78 is 0. The van der Waals surface area contributed by atoms with Crippen molar-refractivity contribution in [1.29, 1.82) is 0 Å². The number of nitrogens with zero attached hydrogens (tertiary/aromatic N) is 2. The molecule has 1 saturated carbocycles. The van der Waals surface area contributed by atoms with Crippen LogP contribution in [-0.2, 0) is 9.59 Å². The Balaban J connectivity index is 2.06. The molecule has 118 valence electrons. The molecular weight excluding hydrogens is 270 g/mol. The second-order valence-electron chi connectivity index (χ2n) is 5.94. The summed E-state index contributed by atoms with van der Waals surface area (Å²) in [7, 11) is 0. The van der Waals surface area contributed by atoms with Gasteiger partial charge in [0.1, 0.15) is 5.41 Å². The van der Waals surface area contributed by atoms with Crippen LogP contribution in [0.25, 0.3) is 0 Å². The maximum absolute atomic E-state index is 12.7. The minimum absolute atomic E-state index is 0.290. The first-order valence-electron chi connectivity index (χ1n) is 7.95. The van der Waals surface area contributed by atoms with Crippen LogP contribution in [0.1, 0.15) is 46.0 Å². The monoisotopic (exact) mass is 295 g/mol. The molecule has 1 N–H and O–H groups in total. The van der Waals surface area contributed by atoms with E-state index in [4.69, 9.17) is 0 Å². The fourth-order valence-electron chi connectivity index (χ4n) is 3.34. The summed E-state index contributed by atoms with van der Waals surface area (Å²) in [5, 5.41) is 2.38. The van der Waals surface area contributed by atoms with Gasteiger partial charge in [-0.2, -0.15) is 0 Å². The fourth-order valence-corrected chi connectivity index (χ4v) is 3.34. The van der Waals surface area contributed by atoms with E-state index in [9.17, 15) is 14.4 Å². The Hall–Kier alpha value is -1.43. The number of imide groups is 2. The van der Waals surface area contributed by atoms with Crippen LogP contribution in [0.3, 0.4) is 0 Å². The molecule has 2 rings (SSSR count). The molecule has 2 fully saturated rings. The Labute approximate surface area is 125 Å². The molecule has 0 atom stereocenters. The van der Waals surface area contributed by atoms with Crippen LogP contribution in [0.15, 0.2) is 0 Å². The van der Waals surface area contributed by atoms with Gasteiger partial charge in [-0.15, -0.1) is 0 Å². The van der Waals surface area contributed by atoms with E-state index in [0.717, 1.165) is 32.4 Å². The van der Waals surface area contributed by atoms with Crippen LogP contribution >= 0.6 is 0 Å². The Bertz CT molecular complexity index is 430. The van der Waals surface area contributed by atoms with E-state index in [1.165, 1.54) is 4.90 Å². The van der Waals surface area contributed by atoms with Gasteiger partial charge in [-0.1, -0.05) is 26.7 Å². The molecule has 1 aliphatic heterocycles. The van der Waals surface area contributed by atoms with Crippen molar-refractivity contribution in [3.05, 3.63) is 0 Å². The Morgan fingerprint density at radius 2 is 1.81 bits per heavy atom. The maximum atomic E-state index is 12.7. The van der Waals surface area contributed by atoms with Gasteiger partial charge in [0, 0.05) is 13.1 Å². The predicted molar refractivity (Wildman–Crippen MR) is 78.6 cm³/mol. The Morgan fingerprint density at radius 3 is 2.38 bits per heavy atom. The summed E-state index contributed by atoms with van der Waals surface area (Å²) >= 11 is 0. The standard InChI is InChI=1S/C15H25N3O3/c1-3-9-17(4-2)10-11-18-13(20)15(7-5-6-8-15)12(19)16-14(18)21/h3-11H2,1-2H3,(H,16,19,21). The maximum Gasteiger partial charge on any atom is 0.330 e. The fraction of sp³-hybridized carbons (Fsp3) is 0.800. The van der Waals surface area contributed by atoms with E-state index in [-0.39, 0.29) is 5.91 Å². The molecule has 6 nitrogen and oxygen atoms in total. The van der Waals surface area contributed by atoms with E-state index < -0.39 is 17.4 Å². The lowest BCUT2D eigenvalue weighted by molar-refractivity contribution is -0.151. The van der Waals surface area contributed by atoms with Crippen molar-refractivity contribution >= 4 is 17.8 Å². The first-order valence-corrected chi connectivity index (χ1v) is 7.95. The molecule has 0 bridgehead atoms. The second kappa shape index (κ2) is 6.56. The average molecular weight is 295 g/mol. The third kappa shape index (κ3) is 2.95. The number of rotatable bonds is 6. The van der Waals surface area contributed by atoms with E-state index in [0.29, 0.717) is 25.9 Å². The van der Waals surface area contributed by atoms with Crippen LogP contribution in [0, 0.1) is 5.41 Å². The SMILES string of the molecule is CCCN(CC)CCN1C(=O)NC(=O)C2(CCCC2)C1=O. The highest BCUT2D eigenvalue weighted by Crippen LogP contribution is 2.41. The van der Waals surface area contributed by atoms with Gasteiger partial charge in [-0.25, -0.2) is 4.79 Å². The van der Waals surface area contributed by atoms with Gasteiger partial charge in [0.15, 0.2) is 0 Å². The van der Waals surface area contributed by atoms with Crippen LogP contribution in [-0.4, -0.2) is 53.8 Å². The number of carbonyl (C=O) groups excluding carboxylic acids is 3. The molecule has 0 aromatic heterocycles. The van der Waals surface area contributed by atoms with Crippen molar-refractivity contribution in [3.63, 3.8) is 0 Å². The quantitative estimate of drug-likeness (QED) is 0.751. The van der Waals surface area contributed by atoms with Gasteiger partial charge in [-0.3, -0.25) is 19.8 Å². The van der Waals surface area contributed by atoms with E-state index >= 15 is 0 Å². The van der Waals surface area contributed by atoms with E-state index in [1.54, 1.807) is 0 Å². The molecule has 4 amide bonds. The van der Waals surface area contributed by atoms with Crippen molar-refractivity contribution in [1.82, 2.24) is 15.1 Å². The zero-order chi connectivity index (χ0) is 15.5. The van der Waals surface area contributed by atoms with Crippen molar-refractivity contribution in [2.24, 2.45) is 5.41 Å². The van der Waals surface area contributed by atoms with E-state index in [2.05, 4.69) is 24.1 Å². The highest BCUT2D eigenvalue weighted by atomic mass is 16.2. The van der Waals surface area contributed by atoms with Crippen molar-refractivity contribution < 1.29 is 14.4 Å². The van der Waals surface area contributed by atoms with Crippen molar-refractivity contribution in [2.75, 3.05) is 26.2 Å². The van der Waals surface area contributed by atoms with Crippen LogP contribution in [0.5, 0.6) is 0 Å². The molecular formula is C15H25N3O3. The molecule has 0 aromatic carbocycles. The average Bonchev–Trinajstić information content (AvgIpc) is 2.95. The Kier molecular flexibility index (Phi) is 4.98. The third-order valence-corrected chi connectivity index (χ3v) is 4.64. The third-order valence-electron chi connectivity index (χ3n) is 4.64. The minimum atomic E-state index is -0.976. The van der Waals surface area contributed by atoms with Gasteiger partial charge in [0.2, 0.25) is 11.8 Å². The number of urea groups is 1. The minimum Gasteiger partial charge on any atom is -0.302 e. The number of carbonyl (C=O) groups is 3. The molecule has 0 unspecified atom stereocenters. The normalized spacial score (nSPS) is 21.5. The van der Waals surface area contributed by atoms with Gasteiger partial charge in [0.25, 0.3) is 0 Å². The summed E-state index contributed by atoms with van der Waals surface area (Å²) in [4.78, 5) is 40.2. The molecule has 1 heterocycles. The van der Waals surface area contributed by atoms with E-state index in [1.807, 2.05) is 0 Å². The van der Waals surface area contributed by atoms with Crippen LogP contribution < -0.4 is 5.32 Å². The predicted octanol–water partition coefficient (Wildman–Crippen LogP) is 1.36. The first kappa shape index (κ1) is 15.9. The first-order chi connectivity index (χ1) is 10.0. The van der Waals surface area contributed by atoms with Gasteiger partial charge in [0.05, 0.1) is 0 Å². The second-order valence-corrected chi connectivity index (χ2v) is 5.94. The van der Waals surface area contributed by atoms with Gasteiger partial charge < -0.3 is 4.90 Å². The highest BCUT2D eigenvalue weighted by molar-refractivity contribution is 6.19.